The second-order valence-corrected chi connectivity index (χ2v) is 3.46. The van der Waals surface area contributed by atoms with Crippen molar-refractivity contribution in [2.45, 2.75) is 20.0 Å². The number of nitrogens with zero attached hydrogens (tertiary/aromatic N) is 1. The van der Waals surface area contributed by atoms with E-state index < -0.39 is 17.0 Å². The lowest BCUT2D eigenvalue weighted by molar-refractivity contribution is -0.386. The predicted octanol–water partition coefficient (Wildman–Crippen LogP) is 1.84. The van der Waals surface area contributed by atoms with Crippen LogP contribution in [0.1, 0.15) is 12.5 Å². The van der Waals surface area contributed by atoms with Crippen LogP contribution in [-0.4, -0.2) is 24.1 Å². The number of benzene rings is 1. The van der Waals surface area contributed by atoms with Gasteiger partial charge in [-0.3, -0.25) is 10.1 Å². The number of aryl methyl sites for hydroxylation is 1. The van der Waals surface area contributed by atoms with Crippen LogP contribution < -0.4 is 4.74 Å². The molecule has 0 aliphatic rings. The normalized spacial score (nSPS) is 11.7. The molecule has 0 unspecified atom stereocenters. The van der Waals surface area contributed by atoms with E-state index in [4.69, 9.17) is 4.74 Å². The number of para-hydroxylation sites is 1. The van der Waals surface area contributed by atoms with Crippen LogP contribution in [0.5, 0.6) is 5.75 Å². The fourth-order valence-electron chi connectivity index (χ4n) is 1.37. The first kappa shape index (κ1) is 13.0. The standard InChI is InChI=1S/C11H13NO5/c1-7-5-4-6-9(10(7)12(14)15)17-8(2)11(13)16-3/h4-6,8H,1-3H3/t8-/m1/s1. The molecule has 0 aliphatic carbocycles. The molecule has 0 fully saturated rings. The fraction of sp³-hybridized carbons (Fsp3) is 0.364. The summed E-state index contributed by atoms with van der Waals surface area (Å²) in [6.45, 7) is 3.08. The molecule has 0 radical (unpaired) electrons. The Labute approximate surface area is 98.3 Å². The van der Waals surface area contributed by atoms with E-state index in [-0.39, 0.29) is 11.4 Å². The van der Waals surface area contributed by atoms with Gasteiger partial charge in [0.05, 0.1) is 12.0 Å². The Bertz CT molecular complexity index is 443. The highest BCUT2D eigenvalue weighted by Crippen LogP contribution is 2.30. The van der Waals surface area contributed by atoms with Crippen LogP contribution in [0, 0.1) is 17.0 Å². The summed E-state index contributed by atoms with van der Waals surface area (Å²) in [5, 5.41) is 10.9. The molecule has 92 valence electrons. The van der Waals surface area contributed by atoms with Crippen molar-refractivity contribution in [1.29, 1.82) is 0 Å². The van der Waals surface area contributed by atoms with E-state index in [9.17, 15) is 14.9 Å². The van der Waals surface area contributed by atoms with E-state index in [1.807, 2.05) is 0 Å². The molecule has 17 heavy (non-hydrogen) atoms. The summed E-state index contributed by atoms with van der Waals surface area (Å²) in [7, 11) is 1.23. The summed E-state index contributed by atoms with van der Waals surface area (Å²) in [4.78, 5) is 21.5. The summed E-state index contributed by atoms with van der Waals surface area (Å²) in [5.41, 5.74) is 0.341. The zero-order valence-electron chi connectivity index (χ0n) is 9.80. The van der Waals surface area contributed by atoms with Crippen molar-refractivity contribution < 1.29 is 19.2 Å². The largest absolute Gasteiger partial charge is 0.472 e. The van der Waals surface area contributed by atoms with E-state index in [1.54, 1.807) is 19.1 Å². The maximum Gasteiger partial charge on any atom is 0.346 e. The number of nitro benzene ring substituents is 1. The molecule has 1 aromatic rings. The van der Waals surface area contributed by atoms with Crippen molar-refractivity contribution in [1.82, 2.24) is 0 Å². The molecule has 6 heteroatoms. The van der Waals surface area contributed by atoms with Crippen LogP contribution in [0.15, 0.2) is 18.2 Å². The molecule has 1 rings (SSSR count). The van der Waals surface area contributed by atoms with Crippen LogP contribution in [0.2, 0.25) is 0 Å². The molecule has 0 spiro atoms. The monoisotopic (exact) mass is 239 g/mol. The maximum absolute atomic E-state index is 11.2. The van der Waals surface area contributed by atoms with Gasteiger partial charge in [-0.25, -0.2) is 4.79 Å². The summed E-state index contributed by atoms with van der Waals surface area (Å²) < 4.78 is 9.71. The van der Waals surface area contributed by atoms with Crippen LogP contribution in [-0.2, 0) is 9.53 Å². The topological polar surface area (TPSA) is 78.7 Å². The SMILES string of the molecule is COC(=O)[C@@H](C)Oc1cccc(C)c1[N+](=O)[O-]. The fourth-order valence-corrected chi connectivity index (χ4v) is 1.37. The second-order valence-electron chi connectivity index (χ2n) is 3.46. The van der Waals surface area contributed by atoms with Crippen molar-refractivity contribution >= 4 is 11.7 Å². The number of ether oxygens (including phenoxy) is 2. The van der Waals surface area contributed by atoms with Gasteiger partial charge in [0, 0.05) is 5.56 Å². The van der Waals surface area contributed by atoms with Gasteiger partial charge in [-0.1, -0.05) is 12.1 Å². The minimum absolute atomic E-state index is 0.0629. The Morgan fingerprint density at radius 3 is 2.65 bits per heavy atom. The number of carbonyl (C=O) groups excluding carboxylic acids is 1. The van der Waals surface area contributed by atoms with Crippen molar-refractivity contribution in [2.24, 2.45) is 0 Å². The van der Waals surface area contributed by atoms with Gasteiger partial charge < -0.3 is 9.47 Å². The van der Waals surface area contributed by atoms with Gasteiger partial charge in [-0.05, 0) is 19.9 Å². The molecule has 0 saturated heterocycles. The molecule has 0 bridgehead atoms. The van der Waals surface area contributed by atoms with Crippen molar-refractivity contribution in [3.05, 3.63) is 33.9 Å². The minimum Gasteiger partial charge on any atom is -0.472 e. The molecular weight excluding hydrogens is 226 g/mol. The number of methoxy groups -OCH3 is 1. The van der Waals surface area contributed by atoms with Gasteiger partial charge >= 0.3 is 11.7 Å². The number of carbonyl (C=O) groups is 1. The molecule has 6 nitrogen and oxygen atoms in total. The Balaban J connectivity index is 3.02. The smallest absolute Gasteiger partial charge is 0.346 e. The van der Waals surface area contributed by atoms with E-state index in [2.05, 4.69) is 4.74 Å². The molecule has 1 aromatic carbocycles. The number of hydrogen-bond acceptors (Lipinski definition) is 5. The van der Waals surface area contributed by atoms with Crippen LogP contribution >= 0.6 is 0 Å². The van der Waals surface area contributed by atoms with Crippen LogP contribution in [0.25, 0.3) is 0 Å². The third kappa shape index (κ3) is 2.93. The highest BCUT2D eigenvalue weighted by Gasteiger charge is 2.23. The zero-order valence-corrected chi connectivity index (χ0v) is 9.80. The first-order valence-corrected chi connectivity index (χ1v) is 4.96. The minimum atomic E-state index is -0.888. The van der Waals surface area contributed by atoms with E-state index in [1.165, 1.54) is 20.1 Å². The first-order chi connectivity index (χ1) is 7.97. The Kier molecular flexibility index (Phi) is 4.03. The lowest BCUT2D eigenvalue weighted by Gasteiger charge is -2.12. The van der Waals surface area contributed by atoms with E-state index in [0.29, 0.717) is 5.56 Å². The first-order valence-electron chi connectivity index (χ1n) is 4.96. The summed E-state index contributed by atoms with van der Waals surface area (Å²) in [6, 6.07) is 4.68. The molecule has 1 atom stereocenters. The summed E-state index contributed by atoms with van der Waals surface area (Å²) >= 11 is 0. The number of rotatable bonds is 4. The van der Waals surface area contributed by atoms with Gasteiger partial charge in [0.2, 0.25) is 0 Å². The summed E-state index contributed by atoms with van der Waals surface area (Å²) in [5.74, 6) is -0.520. The molecule has 0 aliphatic heterocycles. The van der Waals surface area contributed by atoms with Crippen molar-refractivity contribution in [3.63, 3.8) is 0 Å². The lowest BCUT2D eigenvalue weighted by atomic mass is 10.2. The average molecular weight is 239 g/mol. The molecular formula is C11H13NO5. The number of hydrogen-bond donors (Lipinski definition) is 0. The van der Waals surface area contributed by atoms with Gasteiger partial charge in [-0.2, -0.15) is 0 Å². The predicted molar refractivity (Wildman–Crippen MR) is 59.9 cm³/mol. The van der Waals surface area contributed by atoms with Gasteiger partial charge in [0.15, 0.2) is 11.9 Å². The van der Waals surface area contributed by atoms with Gasteiger partial charge in [0.1, 0.15) is 0 Å². The second kappa shape index (κ2) is 5.29. The van der Waals surface area contributed by atoms with Crippen molar-refractivity contribution in [3.8, 4) is 5.75 Å². The zero-order chi connectivity index (χ0) is 13.0. The quantitative estimate of drug-likeness (QED) is 0.455. The Hall–Kier alpha value is -2.11. The van der Waals surface area contributed by atoms with Crippen molar-refractivity contribution in [2.75, 3.05) is 7.11 Å². The van der Waals surface area contributed by atoms with E-state index in [0.717, 1.165) is 0 Å². The molecule has 0 aromatic heterocycles. The van der Waals surface area contributed by atoms with Crippen LogP contribution in [0.4, 0.5) is 5.69 Å². The molecule has 0 N–H and O–H groups in total. The van der Waals surface area contributed by atoms with Gasteiger partial charge in [0.25, 0.3) is 0 Å². The Morgan fingerprint density at radius 1 is 1.47 bits per heavy atom. The number of nitro groups is 1. The number of esters is 1. The Morgan fingerprint density at radius 2 is 2.12 bits per heavy atom. The van der Waals surface area contributed by atoms with Gasteiger partial charge in [-0.15, -0.1) is 0 Å². The maximum atomic E-state index is 11.2. The highest BCUT2D eigenvalue weighted by atomic mass is 16.6. The molecule has 0 saturated carbocycles. The highest BCUT2D eigenvalue weighted by molar-refractivity contribution is 5.74. The molecule has 0 amide bonds. The average Bonchev–Trinajstić information content (AvgIpc) is 2.27. The molecule has 0 heterocycles. The summed E-state index contributed by atoms with van der Waals surface area (Å²) in [6.07, 6.45) is -0.888. The van der Waals surface area contributed by atoms with E-state index >= 15 is 0 Å². The van der Waals surface area contributed by atoms with Crippen LogP contribution in [0.3, 0.4) is 0 Å². The third-order valence-electron chi connectivity index (χ3n) is 2.22. The third-order valence-corrected chi connectivity index (χ3v) is 2.22. The lowest BCUT2D eigenvalue weighted by Crippen LogP contribution is -2.25.